The van der Waals surface area contributed by atoms with Gasteiger partial charge < -0.3 is 15.8 Å². The molecule has 10 nitrogen and oxygen atoms in total. The summed E-state index contributed by atoms with van der Waals surface area (Å²) in [6.07, 6.45) is 0. The van der Waals surface area contributed by atoms with Crippen molar-refractivity contribution in [2.45, 2.75) is 16.2 Å². The lowest BCUT2D eigenvalue weighted by Crippen LogP contribution is -2.30. The first-order valence-corrected chi connectivity index (χ1v) is 13.4. The van der Waals surface area contributed by atoms with E-state index in [9.17, 15) is 18.0 Å². The summed E-state index contributed by atoms with van der Waals surface area (Å²) in [4.78, 5) is 24.1. The number of para-hydroxylation sites is 1. The van der Waals surface area contributed by atoms with Crippen LogP contribution < -0.4 is 15.4 Å². The minimum Gasteiger partial charge on any atom is -0.455 e. The number of carbonyl (C=O) groups is 2. The zero-order valence-electron chi connectivity index (χ0n) is 17.8. The van der Waals surface area contributed by atoms with Gasteiger partial charge in [0.15, 0.2) is 10.9 Å². The van der Waals surface area contributed by atoms with Crippen LogP contribution in [0.5, 0.6) is 0 Å². The summed E-state index contributed by atoms with van der Waals surface area (Å²) < 4.78 is 33.1. The molecule has 2 aromatic carbocycles. The van der Waals surface area contributed by atoms with E-state index in [-0.39, 0.29) is 33.0 Å². The van der Waals surface area contributed by atoms with Gasteiger partial charge in [0.25, 0.3) is 15.9 Å². The molecule has 0 saturated carbocycles. The van der Waals surface area contributed by atoms with E-state index < -0.39 is 28.5 Å². The first-order valence-electron chi connectivity index (χ1n) is 9.75. The van der Waals surface area contributed by atoms with Crippen molar-refractivity contribution in [3.63, 3.8) is 0 Å². The lowest BCUT2D eigenvalue weighted by atomic mass is 10.3. The summed E-state index contributed by atoms with van der Waals surface area (Å²) in [5.74, 6) is -1.40. The number of nitrogens with zero attached hydrogens (tertiary/aromatic N) is 3. The molecule has 0 spiro atoms. The van der Waals surface area contributed by atoms with E-state index in [0.717, 1.165) is 23.1 Å². The highest BCUT2D eigenvalue weighted by atomic mass is 35.5. The van der Waals surface area contributed by atoms with E-state index >= 15 is 0 Å². The van der Waals surface area contributed by atoms with Gasteiger partial charge in [-0.15, -0.1) is 10.2 Å². The number of sulfonamides is 1. The number of hydrogen-bond acceptors (Lipinski definition) is 10. The van der Waals surface area contributed by atoms with Crippen LogP contribution in [0.15, 0.2) is 57.8 Å². The van der Waals surface area contributed by atoms with Gasteiger partial charge in [0.1, 0.15) is 0 Å². The molecule has 1 heterocycles. The fourth-order valence-electron chi connectivity index (χ4n) is 2.75. The van der Waals surface area contributed by atoms with Crippen molar-refractivity contribution in [1.82, 2.24) is 10.2 Å². The number of nitrogens with two attached hydrogens (primary N) is 1. The molecule has 3 N–H and O–H groups in total. The zero-order chi connectivity index (χ0) is 24.7. The summed E-state index contributed by atoms with van der Waals surface area (Å²) in [5, 5.41) is 10.3. The predicted octanol–water partition coefficient (Wildman–Crippen LogP) is 3.26. The normalized spacial score (nSPS) is 11.1. The van der Waals surface area contributed by atoms with Crippen molar-refractivity contribution in [2.24, 2.45) is 0 Å². The maximum atomic E-state index is 13.2. The molecular formula is C20H20ClN5O5S3. The second-order valence-electron chi connectivity index (χ2n) is 6.55. The first-order chi connectivity index (χ1) is 16.2. The summed E-state index contributed by atoms with van der Waals surface area (Å²) in [5.41, 5.74) is 6.05. The molecule has 3 rings (SSSR count). The summed E-state index contributed by atoms with van der Waals surface area (Å²) >= 11 is 8.36. The van der Waals surface area contributed by atoms with E-state index in [1.807, 2.05) is 0 Å². The Kier molecular flexibility index (Phi) is 8.72. The number of anilines is 3. The van der Waals surface area contributed by atoms with Gasteiger partial charge in [0, 0.05) is 6.54 Å². The molecule has 3 aromatic rings. The van der Waals surface area contributed by atoms with Crippen molar-refractivity contribution in [3.05, 3.63) is 53.6 Å². The molecule has 0 radical (unpaired) electrons. The summed E-state index contributed by atoms with van der Waals surface area (Å²) in [6, 6.07) is 12.6. The Morgan fingerprint density at radius 1 is 1.21 bits per heavy atom. The summed E-state index contributed by atoms with van der Waals surface area (Å²) in [7, 11) is -3.92. The van der Waals surface area contributed by atoms with Crippen LogP contribution >= 0.6 is 34.7 Å². The Morgan fingerprint density at radius 3 is 2.59 bits per heavy atom. The van der Waals surface area contributed by atoms with Gasteiger partial charge in [0.05, 0.1) is 27.0 Å². The molecule has 0 atom stereocenters. The monoisotopic (exact) mass is 541 g/mol. The standard InChI is InChI=1S/C20H20ClN5O5S3/c1-2-26(13-6-4-3-5-7-13)34(29,30)14-8-9-15(21)16(10-14)23-17(27)11-31-18(28)12-32-20-25-24-19(22)33-20/h3-10H,2,11-12H2,1H3,(H2,22,24)(H,23,27). The van der Waals surface area contributed by atoms with E-state index in [1.54, 1.807) is 37.3 Å². The Labute approximate surface area is 209 Å². The zero-order valence-corrected chi connectivity index (χ0v) is 21.0. The van der Waals surface area contributed by atoms with E-state index in [2.05, 4.69) is 15.5 Å². The Morgan fingerprint density at radius 2 is 1.94 bits per heavy atom. The molecule has 1 aromatic heterocycles. The predicted molar refractivity (Wildman–Crippen MR) is 133 cm³/mol. The SMILES string of the molecule is CCN(c1ccccc1)S(=O)(=O)c1ccc(Cl)c(NC(=O)COC(=O)CSc2nnc(N)s2)c1. The van der Waals surface area contributed by atoms with E-state index in [0.29, 0.717) is 10.0 Å². The minimum atomic E-state index is -3.92. The number of amides is 1. The highest BCUT2D eigenvalue weighted by Crippen LogP contribution is 2.29. The molecule has 0 aliphatic heterocycles. The Balaban J connectivity index is 1.64. The molecular weight excluding hydrogens is 522 g/mol. The van der Waals surface area contributed by atoms with Crippen LogP contribution in [0.1, 0.15) is 6.92 Å². The van der Waals surface area contributed by atoms with Gasteiger partial charge >= 0.3 is 5.97 Å². The van der Waals surface area contributed by atoms with E-state index in [1.165, 1.54) is 22.5 Å². The van der Waals surface area contributed by atoms with Gasteiger partial charge in [0.2, 0.25) is 5.13 Å². The van der Waals surface area contributed by atoms with Gasteiger partial charge in [-0.05, 0) is 37.3 Å². The largest absolute Gasteiger partial charge is 0.455 e. The molecule has 180 valence electrons. The number of benzene rings is 2. The average Bonchev–Trinajstić information content (AvgIpc) is 3.23. The Hall–Kier alpha value is -2.87. The lowest BCUT2D eigenvalue weighted by Gasteiger charge is -2.23. The van der Waals surface area contributed by atoms with E-state index in [4.69, 9.17) is 22.1 Å². The van der Waals surface area contributed by atoms with Crippen molar-refractivity contribution in [2.75, 3.05) is 34.3 Å². The maximum Gasteiger partial charge on any atom is 0.316 e. The van der Waals surface area contributed by atoms with Crippen LogP contribution in [0.25, 0.3) is 0 Å². The number of ether oxygens (including phenoxy) is 1. The second-order valence-corrected chi connectivity index (χ2v) is 11.1. The molecule has 1 amide bonds. The third kappa shape index (κ3) is 6.59. The fraction of sp³-hybridized carbons (Fsp3) is 0.200. The number of aromatic nitrogens is 2. The molecule has 0 unspecified atom stereocenters. The highest BCUT2D eigenvalue weighted by Gasteiger charge is 2.24. The van der Waals surface area contributed by atoms with Crippen molar-refractivity contribution < 1.29 is 22.7 Å². The number of nitrogen functional groups attached to an aromatic ring is 1. The van der Waals surface area contributed by atoms with Crippen LogP contribution in [0.4, 0.5) is 16.5 Å². The minimum absolute atomic E-state index is 0.0531. The average molecular weight is 542 g/mol. The van der Waals surface area contributed by atoms with Gasteiger partial charge in [-0.3, -0.25) is 13.9 Å². The quantitative estimate of drug-likeness (QED) is 0.292. The van der Waals surface area contributed by atoms with Crippen LogP contribution in [-0.2, 0) is 24.3 Å². The van der Waals surface area contributed by atoms with Crippen LogP contribution in [0.2, 0.25) is 5.02 Å². The van der Waals surface area contributed by atoms with Crippen LogP contribution in [0, 0.1) is 0 Å². The number of halogens is 1. The number of hydrogen-bond donors (Lipinski definition) is 2. The Bertz CT molecular complexity index is 1270. The molecule has 14 heteroatoms. The van der Waals surface area contributed by atoms with Crippen molar-refractivity contribution >= 4 is 73.1 Å². The first kappa shape index (κ1) is 25.7. The van der Waals surface area contributed by atoms with Gasteiger partial charge in [-0.25, -0.2) is 8.42 Å². The fourth-order valence-corrected chi connectivity index (χ4v) is 5.85. The third-order valence-corrected chi connectivity index (χ3v) is 8.32. The van der Waals surface area contributed by atoms with Crippen molar-refractivity contribution in [1.29, 1.82) is 0 Å². The highest BCUT2D eigenvalue weighted by molar-refractivity contribution is 8.01. The number of carbonyl (C=O) groups excluding carboxylic acids is 2. The van der Waals surface area contributed by atoms with Gasteiger partial charge in [-0.1, -0.05) is 52.9 Å². The van der Waals surface area contributed by atoms with Gasteiger partial charge in [-0.2, -0.15) is 0 Å². The molecule has 0 aliphatic rings. The third-order valence-electron chi connectivity index (χ3n) is 4.23. The molecule has 0 bridgehead atoms. The maximum absolute atomic E-state index is 13.2. The number of nitrogens with one attached hydrogen (secondary N) is 1. The molecule has 0 aliphatic carbocycles. The summed E-state index contributed by atoms with van der Waals surface area (Å²) in [6.45, 7) is 1.35. The lowest BCUT2D eigenvalue weighted by molar-refractivity contribution is -0.144. The van der Waals surface area contributed by atoms with Crippen molar-refractivity contribution in [3.8, 4) is 0 Å². The second kappa shape index (κ2) is 11.5. The van der Waals surface area contributed by atoms with Crippen LogP contribution in [0.3, 0.4) is 0 Å². The molecule has 0 fully saturated rings. The number of thioether (sulfide) groups is 1. The molecule has 34 heavy (non-hydrogen) atoms. The number of rotatable bonds is 10. The number of esters is 1. The van der Waals surface area contributed by atoms with Crippen LogP contribution in [-0.4, -0.2) is 49.4 Å². The topological polar surface area (TPSA) is 145 Å². The molecule has 0 saturated heterocycles. The smallest absolute Gasteiger partial charge is 0.316 e.